The van der Waals surface area contributed by atoms with E-state index >= 15 is 0 Å². The van der Waals surface area contributed by atoms with Gasteiger partial charge in [0.2, 0.25) is 0 Å². The van der Waals surface area contributed by atoms with Crippen molar-refractivity contribution in [2.75, 3.05) is 58.1 Å². The van der Waals surface area contributed by atoms with Gasteiger partial charge < -0.3 is 19.3 Å². The van der Waals surface area contributed by atoms with Gasteiger partial charge in [-0.3, -0.25) is 13.6 Å². The molecule has 0 aliphatic carbocycles. The third-order valence-corrected chi connectivity index (χ3v) is 7.06. The topological polar surface area (TPSA) is 94.2 Å². The van der Waals surface area contributed by atoms with Crippen LogP contribution in [0.3, 0.4) is 0 Å². The normalized spacial score (nSPS) is 17.8. The number of anilines is 2. The first-order chi connectivity index (χ1) is 18.1. The van der Waals surface area contributed by atoms with Crippen LogP contribution in [0.2, 0.25) is 0 Å². The molecule has 0 N–H and O–H groups in total. The molecule has 2 aliphatic rings. The number of aryl methyl sites for hydroxylation is 1. The molecule has 1 fully saturated rings. The number of alkyl halides is 1. The Morgan fingerprint density at radius 3 is 2.92 bits per heavy atom. The highest BCUT2D eigenvalue weighted by Crippen LogP contribution is 2.33. The molecule has 2 aliphatic heterocycles. The van der Waals surface area contributed by atoms with E-state index in [1.54, 1.807) is 24.4 Å². The third-order valence-electron chi connectivity index (χ3n) is 7.06. The molecule has 0 bridgehead atoms. The number of ether oxygens (including phenoxy) is 2. The van der Waals surface area contributed by atoms with Gasteiger partial charge in [-0.1, -0.05) is 0 Å². The van der Waals surface area contributed by atoms with Gasteiger partial charge in [-0.2, -0.15) is 0 Å². The van der Waals surface area contributed by atoms with Crippen LogP contribution in [0.15, 0.2) is 35.4 Å². The van der Waals surface area contributed by atoms with Gasteiger partial charge in [0.05, 0.1) is 38.6 Å². The molecular weight excluding hydrogens is 479 g/mol. The molecular formula is C26H33FN6O4. The quantitative estimate of drug-likeness (QED) is 0.407. The van der Waals surface area contributed by atoms with Gasteiger partial charge in [-0.05, 0) is 43.4 Å². The lowest BCUT2D eigenvalue weighted by atomic mass is 9.98. The molecule has 3 aromatic heterocycles. The Morgan fingerprint density at radius 2 is 2.08 bits per heavy atom. The summed E-state index contributed by atoms with van der Waals surface area (Å²) in [4.78, 5) is 34.3. The maximum atomic E-state index is 13.2. The summed E-state index contributed by atoms with van der Waals surface area (Å²) < 4.78 is 26.5. The van der Waals surface area contributed by atoms with Crippen molar-refractivity contribution in [3.05, 3.63) is 52.2 Å². The van der Waals surface area contributed by atoms with Crippen LogP contribution in [-0.2, 0) is 22.4 Å². The third kappa shape index (κ3) is 5.37. The van der Waals surface area contributed by atoms with Crippen LogP contribution in [0, 0.1) is 5.92 Å². The Kier molecular flexibility index (Phi) is 7.80. The number of rotatable bonds is 9. The van der Waals surface area contributed by atoms with Crippen molar-refractivity contribution in [3.63, 3.8) is 0 Å². The highest BCUT2D eigenvalue weighted by molar-refractivity contribution is 5.94. The molecule has 11 heteroatoms. The van der Waals surface area contributed by atoms with Gasteiger partial charge in [0.25, 0.3) is 5.91 Å². The predicted molar refractivity (Wildman–Crippen MR) is 136 cm³/mol. The largest absolute Gasteiger partial charge is 0.382 e. The molecule has 1 amide bonds. The van der Waals surface area contributed by atoms with Crippen molar-refractivity contribution in [3.8, 4) is 0 Å². The van der Waals surface area contributed by atoms with Crippen LogP contribution in [0.5, 0.6) is 0 Å². The van der Waals surface area contributed by atoms with Gasteiger partial charge in [0.1, 0.15) is 5.82 Å². The number of likely N-dealkylation sites (tertiary alicyclic amines) is 1. The molecule has 0 aromatic carbocycles. The molecule has 1 atom stereocenters. The highest BCUT2D eigenvalue weighted by Gasteiger charge is 2.27. The Bertz CT molecular complexity index is 1310. The van der Waals surface area contributed by atoms with Crippen molar-refractivity contribution in [1.82, 2.24) is 24.1 Å². The molecule has 0 spiro atoms. The van der Waals surface area contributed by atoms with Crippen molar-refractivity contribution in [1.29, 1.82) is 0 Å². The number of piperidine rings is 1. The second-order valence-corrected chi connectivity index (χ2v) is 9.60. The van der Waals surface area contributed by atoms with Gasteiger partial charge in [0.15, 0.2) is 5.65 Å². The lowest BCUT2D eigenvalue weighted by Crippen LogP contribution is -2.40. The Morgan fingerprint density at radius 1 is 1.19 bits per heavy atom. The van der Waals surface area contributed by atoms with Crippen molar-refractivity contribution < 1.29 is 18.7 Å². The average Bonchev–Trinajstić information content (AvgIpc) is 3.26. The van der Waals surface area contributed by atoms with Crippen LogP contribution >= 0.6 is 0 Å². The molecule has 10 nitrogen and oxygen atoms in total. The number of carbonyl (C=O) groups is 1. The van der Waals surface area contributed by atoms with Crippen molar-refractivity contribution >= 4 is 23.1 Å². The van der Waals surface area contributed by atoms with E-state index in [4.69, 9.17) is 9.47 Å². The number of nitrogens with zero attached hydrogens (tertiary/aromatic N) is 6. The van der Waals surface area contributed by atoms with Crippen LogP contribution in [0.1, 0.15) is 35.2 Å². The molecule has 3 aromatic rings. The summed E-state index contributed by atoms with van der Waals surface area (Å²) in [5.41, 5.74) is 2.77. The average molecular weight is 513 g/mol. The minimum absolute atomic E-state index is 0.0761. The molecule has 198 valence electrons. The summed E-state index contributed by atoms with van der Waals surface area (Å²) in [7, 11) is 1.61. The summed E-state index contributed by atoms with van der Waals surface area (Å²) in [6.07, 6.45) is 6.74. The van der Waals surface area contributed by atoms with E-state index < -0.39 is 6.67 Å². The molecule has 5 heterocycles. The van der Waals surface area contributed by atoms with Gasteiger partial charge in [0, 0.05) is 56.8 Å². The highest BCUT2D eigenvalue weighted by atomic mass is 19.1. The fourth-order valence-corrected chi connectivity index (χ4v) is 5.11. The number of methoxy groups -OCH3 is 1. The van der Waals surface area contributed by atoms with Crippen molar-refractivity contribution in [2.24, 2.45) is 5.92 Å². The zero-order chi connectivity index (χ0) is 25.8. The number of pyridine rings is 2. The van der Waals surface area contributed by atoms with E-state index in [0.717, 1.165) is 49.3 Å². The monoisotopic (exact) mass is 512 g/mol. The minimum atomic E-state index is -0.391. The van der Waals surface area contributed by atoms with Crippen LogP contribution in [0.25, 0.3) is 5.65 Å². The molecule has 37 heavy (non-hydrogen) atoms. The number of carbonyl (C=O) groups excluding carboxylic acids is 1. The first-order valence-corrected chi connectivity index (χ1v) is 12.9. The molecule has 0 unspecified atom stereocenters. The fraction of sp³-hybridized carbons (Fsp3) is 0.538. The minimum Gasteiger partial charge on any atom is -0.382 e. The lowest BCUT2D eigenvalue weighted by Gasteiger charge is -2.33. The van der Waals surface area contributed by atoms with Crippen molar-refractivity contribution in [2.45, 2.75) is 32.2 Å². The second kappa shape index (κ2) is 11.4. The zero-order valence-corrected chi connectivity index (χ0v) is 21.1. The number of hydrogen-bond acceptors (Lipinski definition) is 7. The van der Waals surface area contributed by atoms with Crippen LogP contribution in [0.4, 0.5) is 15.9 Å². The van der Waals surface area contributed by atoms with E-state index in [9.17, 15) is 14.0 Å². The zero-order valence-electron chi connectivity index (χ0n) is 21.1. The van der Waals surface area contributed by atoms with Gasteiger partial charge in [-0.25, -0.2) is 14.5 Å². The number of aromatic nitrogens is 4. The van der Waals surface area contributed by atoms with E-state index in [2.05, 4.69) is 15.0 Å². The maximum absolute atomic E-state index is 13.2. The summed E-state index contributed by atoms with van der Waals surface area (Å²) in [5, 5.41) is 4.48. The second-order valence-electron chi connectivity index (χ2n) is 9.60. The van der Waals surface area contributed by atoms with Crippen LogP contribution < -0.4 is 10.6 Å². The van der Waals surface area contributed by atoms with Gasteiger partial charge >= 0.3 is 5.69 Å². The summed E-state index contributed by atoms with van der Waals surface area (Å²) in [5.74, 6) is 0.650. The van der Waals surface area contributed by atoms with E-state index in [-0.39, 0.29) is 17.5 Å². The molecule has 0 saturated carbocycles. The summed E-state index contributed by atoms with van der Waals surface area (Å²) in [6.45, 7) is 3.19. The summed E-state index contributed by atoms with van der Waals surface area (Å²) >= 11 is 0. The Balaban J connectivity index is 1.34. The van der Waals surface area contributed by atoms with Gasteiger partial charge in [-0.15, -0.1) is 5.10 Å². The standard InChI is InChI=1S/C26H33FN6O4/c1-36-12-13-37-11-10-33-26(35)32-9-6-22(15-23(32)29-33)31-8-3-5-20-14-21(17-28-24(20)31)25(34)30-7-2-4-19(16-27)18-30/h6,9,14-15,17,19H,2-5,7-8,10-13,16,18H2,1H3/t19-/m0/s1. The van der Waals surface area contributed by atoms with Crippen LogP contribution in [-0.4, -0.2) is 83.2 Å². The van der Waals surface area contributed by atoms with E-state index in [0.29, 0.717) is 50.7 Å². The summed E-state index contributed by atoms with van der Waals surface area (Å²) in [6, 6.07) is 5.69. The number of hydrogen-bond donors (Lipinski definition) is 0. The van der Waals surface area contributed by atoms with E-state index in [1.807, 2.05) is 18.2 Å². The lowest BCUT2D eigenvalue weighted by molar-refractivity contribution is 0.0650. The Labute approximate surface area is 214 Å². The fourth-order valence-electron chi connectivity index (χ4n) is 5.11. The molecule has 5 rings (SSSR count). The Hall–Kier alpha value is -3.31. The predicted octanol–water partition coefficient (Wildman–Crippen LogP) is 2.46. The first kappa shape index (κ1) is 25.3. The SMILES string of the molecule is COCCOCCn1nc2cc(N3CCCc4cc(C(=O)N5CCC[C@@H](CF)C5)cnc43)ccn2c1=O. The molecule has 0 radical (unpaired) electrons. The van der Waals surface area contributed by atoms with E-state index in [1.165, 1.54) is 9.08 Å². The number of halogens is 1. The number of amides is 1. The molecule has 1 saturated heterocycles. The number of fused-ring (bicyclic) bond motifs is 2. The maximum Gasteiger partial charge on any atom is 0.350 e. The first-order valence-electron chi connectivity index (χ1n) is 12.9. The smallest absolute Gasteiger partial charge is 0.350 e.